The van der Waals surface area contributed by atoms with Crippen LogP contribution in [-0.2, 0) is 0 Å². The quantitative estimate of drug-likeness (QED) is 0.658. The number of urea groups is 1. The topological polar surface area (TPSA) is 106 Å². The maximum absolute atomic E-state index is 12.2. The number of ether oxygens (including phenoxy) is 2. The molecule has 2 aromatic carbocycles. The molecular formula is C16H14ClN3O5. The molecule has 0 aliphatic carbocycles. The van der Waals surface area contributed by atoms with Crippen LogP contribution in [0.15, 0.2) is 39.5 Å². The van der Waals surface area contributed by atoms with Crippen LogP contribution in [0.3, 0.4) is 0 Å². The summed E-state index contributed by atoms with van der Waals surface area (Å²) >= 11 is 6.07. The van der Waals surface area contributed by atoms with Gasteiger partial charge >= 0.3 is 11.8 Å². The molecule has 0 atom stereocenters. The van der Waals surface area contributed by atoms with E-state index in [2.05, 4.69) is 15.6 Å². The van der Waals surface area contributed by atoms with E-state index in [1.54, 1.807) is 18.2 Å². The third kappa shape index (κ3) is 3.53. The van der Waals surface area contributed by atoms with E-state index in [1.807, 2.05) is 0 Å². The van der Waals surface area contributed by atoms with E-state index >= 15 is 0 Å². The van der Waals surface area contributed by atoms with Crippen molar-refractivity contribution < 1.29 is 18.7 Å². The fourth-order valence-corrected chi connectivity index (χ4v) is 2.51. The molecule has 3 rings (SSSR count). The van der Waals surface area contributed by atoms with Gasteiger partial charge in [-0.2, -0.15) is 0 Å². The van der Waals surface area contributed by atoms with Crippen LogP contribution in [0.1, 0.15) is 0 Å². The number of anilines is 2. The largest absolute Gasteiger partial charge is 0.495 e. The SMILES string of the molecule is COc1cc(OC)c(NC(=O)Nc2ccc3[nH]c(=O)oc3c2)cc1Cl. The molecule has 0 saturated heterocycles. The molecule has 130 valence electrons. The van der Waals surface area contributed by atoms with E-state index < -0.39 is 11.8 Å². The predicted molar refractivity (Wildman–Crippen MR) is 94.0 cm³/mol. The fraction of sp³-hybridized carbons (Fsp3) is 0.125. The van der Waals surface area contributed by atoms with Crippen LogP contribution < -0.4 is 25.9 Å². The summed E-state index contributed by atoms with van der Waals surface area (Å²) < 4.78 is 15.3. The van der Waals surface area contributed by atoms with Crippen LogP contribution in [-0.4, -0.2) is 25.2 Å². The molecule has 8 nitrogen and oxygen atoms in total. The average Bonchev–Trinajstić information content (AvgIpc) is 2.94. The first-order valence-corrected chi connectivity index (χ1v) is 7.50. The van der Waals surface area contributed by atoms with Gasteiger partial charge in [-0.25, -0.2) is 9.59 Å². The summed E-state index contributed by atoms with van der Waals surface area (Å²) in [6.07, 6.45) is 0. The van der Waals surface area contributed by atoms with Crippen LogP contribution in [0.25, 0.3) is 11.1 Å². The number of carbonyl (C=O) groups excluding carboxylic acids is 1. The second-order valence-corrected chi connectivity index (χ2v) is 5.40. The highest BCUT2D eigenvalue weighted by molar-refractivity contribution is 6.32. The molecule has 1 aromatic heterocycles. The van der Waals surface area contributed by atoms with Crippen molar-refractivity contribution in [2.24, 2.45) is 0 Å². The molecule has 0 bridgehead atoms. The first-order valence-electron chi connectivity index (χ1n) is 7.12. The molecular weight excluding hydrogens is 350 g/mol. The van der Waals surface area contributed by atoms with Crippen molar-refractivity contribution in [2.75, 3.05) is 24.9 Å². The van der Waals surface area contributed by atoms with Gasteiger partial charge in [0.1, 0.15) is 11.5 Å². The minimum Gasteiger partial charge on any atom is -0.495 e. The molecule has 0 spiro atoms. The molecule has 3 aromatic rings. The molecule has 3 N–H and O–H groups in total. The number of aromatic amines is 1. The van der Waals surface area contributed by atoms with E-state index in [9.17, 15) is 9.59 Å². The Labute approximate surface area is 146 Å². The molecule has 9 heteroatoms. The Hall–Kier alpha value is -3.13. The Morgan fingerprint density at radius 3 is 2.60 bits per heavy atom. The molecule has 0 fully saturated rings. The number of carbonyl (C=O) groups is 1. The number of H-pyrrole nitrogens is 1. The number of halogens is 1. The van der Waals surface area contributed by atoms with Gasteiger partial charge in [-0.3, -0.25) is 4.98 Å². The lowest BCUT2D eigenvalue weighted by Crippen LogP contribution is -2.19. The van der Waals surface area contributed by atoms with Gasteiger partial charge in [-0.05, 0) is 18.2 Å². The zero-order valence-corrected chi connectivity index (χ0v) is 14.1. The minimum absolute atomic E-state index is 0.328. The lowest BCUT2D eigenvalue weighted by atomic mass is 10.2. The number of hydrogen-bond donors (Lipinski definition) is 3. The zero-order valence-electron chi connectivity index (χ0n) is 13.3. The Morgan fingerprint density at radius 2 is 1.88 bits per heavy atom. The third-order valence-corrected chi connectivity index (χ3v) is 3.70. The van der Waals surface area contributed by atoms with Gasteiger partial charge in [0.15, 0.2) is 5.58 Å². The number of rotatable bonds is 4. The van der Waals surface area contributed by atoms with Crippen molar-refractivity contribution in [3.8, 4) is 11.5 Å². The summed E-state index contributed by atoms with van der Waals surface area (Å²) in [7, 11) is 2.95. The maximum atomic E-state index is 12.2. The molecule has 0 aliphatic heterocycles. The van der Waals surface area contributed by atoms with Crippen LogP contribution in [0.4, 0.5) is 16.2 Å². The zero-order chi connectivity index (χ0) is 18.0. The minimum atomic E-state index is -0.561. The molecule has 0 radical (unpaired) electrons. The lowest BCUT2D eigenvalue weighted by molar-refractivity contribution is 0.262. The van der Waals surface area contributed by atoms with Crippen LogP contribution in [0, 0.1) is 0 Å². The highest BCUT2D eigenvalue weighted by Gasteiger charge is 2.13. The number of hydrogen-bond acceptors (Lipinski definition) is 5. The second-order valence-electron chi connectivity index (χ2n) is 4.99. The number of nitrogens with one attached hydrogen (secondary N) is 3. The first kappa shape index (κ1) is 16.7. The summed E-state index contributed by atoms with van der Waals surface area (Å²) in [4.78, 5) is 25.9. The normalized spacial score (nSPS) is 10.5. The Bertz CT molecular complexity index is 995. The maximum Gasteiger partial charge on any atom is 0.417 e. The average molecular weight is 364 g/mol. The second kappa shape index (κ2) is 6.78. The molecule has 0 saturated carbocycles. The number of amides is 2. The summed E-state index contributed by atoms with van der Waals surface area (Å²) in [6.45, 7) is 0. The Balaban J connectivity index is 1.79. The number of oxazole rings is 1. The number of aromatic nitrogens is 1. The summed E-state index contributed by atoms with van der Waals surface area (Å²) in [6, 6.07) is 7.36. The fourth-order valence-electron chi connectivity index (χ4n) is 2.27. The van der Waals surface area contributed by atoms with Gasteiger partial charge in [-0.15, -0.1) is 0 Å². The molecule has 0 aliphatic rings. The summed E-state index contributed by atoms with van der Waals surface area (Å²) in [5.41, 5.74) is 1.71. The number of fused-ring (bicyclic) bond motifs is 1. The van der Waals surface area contributed by atoms with Crippen LogP contribution >= 0.6 is 11.6 Å². The van der Waals surface area contributed by atoms with E-state index in [0.717, 1.165) is 0 Å². The lowest BCUT2D eigenvalue weighted by Gasteiger charge is -2.13. The summed E-state index contributed by atoms with van der Waals surface area (Å²) in [5, 5.41) is 5.60. The number of methoxy groups -OCH3 is 2. The molecule has 0 unspecified atom stereocenters. The Kier molecular flexibility index (Phi) is 4.53. The predicted octanol–water partition coefficient (Wildman–Crippen LogP) is 3.44. The van der Waals surface area contributed by atoms with Crippen molar-refractivity contribution in [2.45, 2.75) is 0 Å². The highest BCUT2D eigenvalue weighted by atomic mass is 35.5. The first-order chi connectivity index (χ1) is 12.0. The standard InChI is InChI=1S/C16H14ClN3O5/c1-23-12-7-13(24-2)11(6-9(12)17)19-15(21)18-8-3-4-10-14(5-8)25-16(22)20-10/h3-7H,1-2H3,(H,20,22)(H2,18,19,21). The van der Waals surface area contributed by atoms with E-state index in [0.29, 0.717) is 39.0 Å². The van der Waals surface area contributed by atoms with E-state index in [1.165, 1.54) is 26.4 Å². The third-order valence-electron chi connectivity index (χ3n) is 3.40. The molecule has 1 heterocycles. The van der Waals surface area contributed by atoms with Gasteiger partial charge in [0.05, 0.1) is 30.4 Å². The number of benzene rings is 2. The van der Waals surface area contributed by atoms with Gasteiger partial charge < -0.3 is 24.5 Å². The van der Waals surface area contributed by atoms with Gasteiger partial charge in [-0.1, -0.05) is 11.6 Å². The monoisotopic (exact) mass is 363 g/mol. The van der Waals surface area contributed by atoms with E-state index in [-0.39, 0.29) is 0 Å². The van der Waals surface area contributed by atoms with Crippen molar-refractivity contribution >= 4 is 40.1 Å². The van der Waals surface area contributed by atoms with Crippen LogP contribution in [0.5, 0.6) is 11.5 Å². The smallest absolute Gasteiger partial charge is 0.417 e. The van der Waals surface area contributed by atoms with Crippen molar-refractivity contribution in [1.82, 2.24) is 4.98 Å². The van der Waals surface area contributed by atoms with Crippen molar-refractivity contribution in [3.63, 3.8) is 0 Å². The highest BCUT2D eigenvalue weighted by Crippen LogP contribution is 2.35. The van der Waals surface area contributed by atoms with Crippen LogP contribution in [0.2, 0.25) is 5.02 Å². The van der Waals surface area contributed by atoms with Gasteiger partial charge in [0, 0.05) is 17.8 Å². The summed E-state index contributed by atoms with van der Waals surface area (Å²) in [5.74, 6) is 0.259. The van der Waals surface area contributed by atoms with Crippen molar-refractivity contribution in [1.29, 1.82) is 0 Å². The van der Waals surface area contributed by atoms with Crippen molar-refractivity contribution in [3.05, 3.63) is 45.9 Å². The molecule has 25 heavy (non-hydrogen) atoms. The molecule has 2 amide bonds. The van der Waals surface area contributed by atoms with Gasteiger partial charge in [0.25, 0.3) is 0 Å². The Morgan fingerprint density at radius 1 is 1.12 bits per heavy atom. The van der Waals surface area contributed by atoms with Gasteiger partial charge in [0.2, 0.25) is 0 Å². The van der Waals surface area contributed by atoms with E-state index in [4.69, 9.17) is 25.5 Å².